The third-order valence-corrected chi connectivity index (χ3v) is 5.80. The fourth-order valence-corrected chi connectivity index (χ4v) is 5.01. The predicted octanol–water partition coefficient (Wildman–Crippen LogP) is 5.35. The van der Waals surface area contributed by atoms with E-state index in [-0.39, 0.29) is 11.5 Å². The second-order valence-corrected chi connectivity index (χ2v) is 8.51. The number of hydrogen-bond donors (Lipinski definition) is 0. The van der Waals surface area contributed by atoms with Crippen molar-refractivity contribution in [1.82, 2.24) is 4.98 Å². The molecule has 0 spiro atoms. The van der Waals surface area contributed by atoms with E-state index in [1.165, 1.54) is 24.8 Å². The molecule has 118 valence electrons. The number of alkyl halides is 1. The fourth-order valence-electron chi connectivity index (χ4n) is 3.45. The maximum absolute atomic E-state index is 5.81. The Hall–Kier alpha value is -0.570. The Bertz CT molecular complexity index is 472. The minimum Gasteiger partial charge on any atom is -0.489 e. The van der Waals surface area contributed by atoms with Gasteiger partial charge in [-0.2, -0.15) is 0 Å². The Kier molecular flexibility index (Phi) is 5.34. The molecule has 3 atom stereocenters. The van der Waals surface area contributed by atoms with Crippen LogP contribution in [0.25, 0.3) is 0 Å². The van der Waals surface area contributed by atoms with Gasteiger partial charge in [0, 0.05) is 11.0 Å². The molecule has 1 aliphatic carbocycles. The lowest BCUT2D eigenvalue weighted by molar-refractivity contribution is 0.211. The minimum atomic E-state index is 0.109. The van der Waals surface area contributed by atoms with Crippen LogP contribution < -0.4 is 4.74 Å². The molecule has 0 saturated heterocycles. The number of ether oxygens (including phenoxy) is 1. The molecule has 0 aliphatic heterocycles. The second kappa shape index (κ2) is 6.68. The first kappa shape index (κ1) is 16.8. The van der Waals surface area contributed by atoms with Gasteiger partial charge in [-0.25, -0.2) is 0 Å². The van der Waals surface area contributed by atoms with E-state index in [1.54, 1.807) is 0 Å². The average Bonchev–Trinajstić information content (AvgIpc) is 2.37. The molecule has 0 amide bonds. The normalized spacial score (nSPS) is 26.9. The molecule has 0 radical (unpaired) electrons. The molecule has 2 nitrogen and oxygen atoms in total. The summed E-state index contributed by atoms with van der Waals surface area (Å²) in [5.74, 6) is 2.35. The van der Waals surface area contributed by atoms with Crippen molar-refractivity contribution in [3.63, 3.8) is 0 Å². The number of hydrogen-bond acceptors (Lipinski definition) is 2. The van der Waals surface area contributed by atoms with E-state index in [0.717, 1.165) is 11.7 Å². The van der Waals surface area contributed by atoms with Gasteiger partial charge in [0.05, 0.1) is 12.3 Å². The van der Waals surface area contributed by atoms with Gasteiger partial charge in [-0.15, -0.1) is 0 Å². The van der Waals surface area contributed by atoms with E-state index in [2.05, 4.69) is 61.6 Å². The molecule has 1 fully saturated rings. The monoisotopic (exact) mass is 353 g/mol. The zero-order chi connectivity index (χ0) is 15.6. The summed E-state index contributed by atoms with van der Waals surface area (Å²) < 4.78 is 5.81. The zero-order valence-corrected chi connectivity index (χ0v) is 15.5. The van der Waals surface area contributed by atoms with Crippen LogP contribution in [-0.4, -0.2) is 15.9 Å². The highest BCUT2D eigenvalue weighted by atomic mass is 79.9. The van der Waals surface area contributed by atoms with Crippen LogP contribution in [0.15, 0.2) is 18.5 Å². The van der Waals surface area contributed by atoms with E-state index in [1.807, 2.05) is 12.4 Å². The molecule has 0 aromatic carbocycles. The number of nitrogens with zero attached hydrogens (tertiary/aromatic N) is 1. The number of aromatic nitrogens is 1. The minimum absolute atomic E-state index is 0.109. The van der Waals surface area contributed by atoms with Crippen LogP contribution in [0.1, 0.15) is 59.4 Å². The lowest BCUT2D eigenvalue weighted by Crippen LogP contribution is -2.38. The Labute approximate surface area is 137 Å². The first-order chi connectivity index (χ1) is 9.80. The van der Waals surface area contributed by atoms with Gasteiger partial charge in [0.25, 0.3) is 0 Å². The molecular weight excluding hydrogens is 326 g/mol. The molecule has 3 unspecified atom stereocenters. The summed E-state index contributed by atoms with van der Waals surface area (Å²) in [5, 5.41) is 0. The van der Waals surface area contributed by atoms with Gasteiger partial charge in [0.2, 0.25) is 0 Å². The molecule has 21 heavy (non-hydrogen) atoms. The number of halogens is 1. The van der Waals surface area contributed by atoms with Crippen LogP contribution in [0.3, 0.4) is 0 Å². The number of rotatable bonds is 4. The third kappa shape index (κ3) is 4.00. The first-order valence-electron chi connectivity index (χ1n) is 8.07. The molecule has 0 bridgehead atoms. The number of pyridine rings is 1. The quantitative estimate of drug-likeness (QED) is 0.681. The molecule has 1 aliphatic rings. The standard InChI is InChI=1S/C18H28BrNO/c1-12(2)21-15-9-14(10-20-11-15)18(4,5)16-7-6-13(3)8-17(16)19/h9-13,16-17H,6-8H2,1-5H3. The molecule has 1 aromatic heterocycles. The van der Waals surface area contributed by atoms with Crippen molar-refractivity contribution in [3.8, 4) is 5.75 Å². The van der Waals surface area contributed by atoms with Crippen LogP contribution in [0.5, 0.6) is 5.75 Å². The van der Waals surface area contributed by atoms with Crippen LogP contribution in [0.4, 0.5) is 0 Å². The Morgan fingerprint density at radius 2 is 2.00 bits per heavy atom. The summed E-state index contributed by atoms with van der Waals surface area (Å²) in [5.41, 5.74) is 1.39. The average molecular weight is 354 g/mol. The van der Waals surface area contributed by atoms with Gasteiger partial charge in [-0.3, -0.25) is 4.98 Å². The van der Waals surface area contributed by atoms with Gasteiger partial charge in [-0.1, -0.05) is 43.1 Å². The lowest BCUT2D eigenvalue weighted by atomic mass is 9.66. The van der Waals surface area contributed by atoms with Crippen LogP contribution in [0, 0.1) is 11.8 Å². The fraction of sp³-hybridized carbons (Fsp3) is 0.722. The lowest BCUT2D eigenvalue weighted by Gasteiger charge is -2.42. The predicted molar refractivity (Wildman–Crippen MR) is 92.2 cm³/mol. The summed E-state index contributed by atoms with van der Waals surface area (Å²) in [6.07, 6.45) is 7.87. The molecule has 1 aromatic rings. The molecule has 1 heterocycles. The van der Waals surface area contributed by atoms with Crippen molar-refractivity contribution in [2.75, 3.05) is 0 Å². The second-order valence-electron chi connectivity index (χ2n) is 7.34. The molecule has 0 N–H and O–H groups in total. The van der Waals surface area contributed by atoms with E-state index in [0.29, 0.717) is 10.7 Å². The maximum atomic E-state index is 5.81. The van der Waals surface area contributed by atoms with Gasteiger partial charge < -0.3 is 4.74 Å². The first-order valence-corrected chi connectivity index (χ1v) is 8.98. The topological polar surface area (TPSA) is 22.1 Å². The van der Waals surface area contributed by atoms with Gasteiger partial charge in [0.15, 0.2) is 0 Å². The maximum Gasteiger partial charge on any atom is 0.138 e. The molecular formula is C18H28BrNO. The van der Waals surface area contributed by atoms with E-state index < -0.39 is 0 Å². The van der Waals surface area contributed by atoms with Gasteiger partial charge in [-0.05, 0) is 55.6 Å². The summed E-state index contributed by atoms with van der Waals surface area (Å²) in [6, 6.07) is 2.17. The summed E-state index contributed by atoms with van der Waals surface area (Å²) in [6.45, 7) is 11.1. The summed E-state index contributed by atoms with van der Waals surface area (Å²) >= 11 is 3.94. The Balaban J connectivity index is 2.22. The van der Waals surface area contributed by atoms with Crippen molar-refractivity contribution in [3.05, 3.63) is 24.0 Å². The van der Waals surface area contributed by atoms with Crippen molar-refractivity contribution < 1.29 is 4.74 Å². The third-order valence-electron chi connectivity index (χ3n) is 4.79. The van der Waals surface area contributed by atoms with E-state index in [9.17, 15) is 0 Å². The highest BCUT2D eigenvalue weighted by Gasteiger charge is 2.39. The zero-order valence-electron chi connectivity index (χ0n) is 13.9. The molecule has 3 heteroatoms. The SMILES string of the molecule is CC1CCC(C(C)(C)c2cncc(OC(C)C)c2)C(Br)C1. The van der Waals surface area contributed by atoms with E-state index >= 15 is 0 Å². The van der Waals surface area contributed by atoms with Crippen molar-refractivity contribution in [1.29, 1.82) is 0 Å². The van der Waals surface area contributed by atoms with Crippen LogP contribution in [-0.2, 0) is 5.41 Å². The van der Waals surface area contributed by atoms with Crippen LogP contribution >= 0.6 is 15.9 Å². The van der Waals surface area contributed by atoms with E-state index in [4.69, 9.17) is 4.74 Å². The van der Waals surface area contributed by atoms with Crippen LogP contribution in [0.2, 0.25) is 0 Å². The van der Waals surface area contributed by atoms with Crippen molar-refractivity contribution >= 4 is 15.9 Å². The largest absolute Gasteiger partial charge is 0.489 e. The Morgan fingerprint density at radius 3 is 2.62 bits per heavy atom. The van der Waals surface area contributed by atoms with Gasteiger partial charge in [0.1, 0.15) is 5.75 Å². The summed E-state index contributed by atoms with van der Waals surface area (Å²) in [4.78, 5) is 4.99. The molecule has 1 saturated carbocycles. The smallest absolute Gasteiger partial charge is 0.138 e. The van der Waals surface area contributed by atoms with Gasteiger partial charge >= 0.3 is 0 Å². The van der Waals surface area contributed by atoms with Crippen molar-refractivity contribution in [2.24, 2.45) is 11.8 Å². The highest BCUT2D eigenvalue weighted by molar-refractivity contribution is 9.09. The Morgan fingerprint density at radius 1 is 1.29 bits per heavy atom. The van der Waals surface area contributed by atoms with Crippen molar-refractivity contribution in [2.45, 2.75) is 70.2 Å². The summed E-state index contributed by atoms with van der Waals surface area (Å²) in [7, 11) is 0. The molecule has 2 rings (SSSR count). The highest BCUT2D eigenvalue weighted by Crippen LogP contribution is 2.45.